The predicted molar refractivity (Wildman–Crippen MR) is 133 cm³/mol. The normalized spacial score (nSPS) is 15.7. The number of nitrogens with one attached hydrogen (secondary N) is 1. The van der Waals surface area contributed by atoms with Crippen molar-refractivity contribution >= 4 is 39.3 Å². The number of piperidine rings is 1. The molecular formula is C23H28N6O3S2. The Morgan fingerprint density at radius 2 is 1.74 bits per heavy atom. The van der Waals surface area contributed by atoms with Crippen LogP contribution in [0.4, 0.5) is 11.6 Å². The molecule has 0 saturated carbocycles. The molecule has 0 radical (unpaired) electrons. The zero-order valence-electron chi connectivity index (χ0n) is 18.9. The minimum Gasteiger partial charge on any atom is -0.368 e. The second kappa shape index (κ2) is 10.6. The minimum atomic E-state index is -3.52. The second-order valence-electron chi connectivity index (χ2n) is 8.14. The van der Waals surface area contributed by atoms with Crippen molar-refractivity contribution in [3.8, 4) is 0 Å². The quantitative estimate of drug-likeness (QED) is 0.454. The van der Waals surface area contributed by atoms with Gasteiger partial charge in [0.25, 0.3) is 0 Å². The van der Waals surface area contributed by atoms with Crippen LogP contribution in [0.25, 0.3) is 0 Å². The van der Waals surface area contributed by atoms with E-state index in [9.17, 15) is 13.2 Å². The highest BCUT2D eigenvalue weighted by Crippen LogP contribution is 2.27. The number of benzene rings is 2. The van der Waals surface area contributed by atoms with Gasteiger partial charge in [-0.2, -0.15) is 4.31 Å². The number of anilines is 2. The van der Waals surface area contributed by atoms with Crippen molar-refractivity contribution in [3.63, 3.8) is 0 Å². The van der Waals surface area contributed by atoms with Gasteiger partial charge in [-0.05, 0) is 49.6 Å². The van der Waals surface area contributed by atoms with E-state index in [0.717, 1.165) is 24.8 Å². The molecule has 3 N–H and O–H groups in total. The van der Waals surface area contributed by atoms with Gasteiger partial charge in [0.1, 0.15) is 6.04 Å². The van der Waals surface area contributed by atoms with Crippen LogP contribution in [0, 0.1) is 0 Å². The summed E-state index contributed by atoms with van der Waals surface area (Å²) in [6.45, 7) is 2.81. The molecule has 1 atom stereocenters. The van der Waals surface area contributed by atoms with Crippen LogP contribution in [0.2, 0.25) is 0 Å². The van der Waals surface area contributed by atoms with Crippen molar-refractivity contribution < 1.29 is 13.2 Å². The van der Waals surface area contributed by atoms with Gasteiger partial charge in [-0.15, -0.1) is 10.2 Å². The maximum Gasteiger partial charge on any atom is 0.247 e. The van der Waals surface area contributed by atoms with Gasteiger partial charge in [0.05, 0.1) is 4.90 Å². The first kappa shape index (κ1) is 24.2. The molecule has 0 bridgehead atoms. The van der Waals surface area contributed by atoms with Crippen LogP contribution in [0.3, 0.4) is 0 Å². The Kier molecular flexibility index (Phi) is 7.54. The predicted octanol–water partition coefficient (Wildman–Crippen LogP) is 3.53. The van der Waals surface area contributed by atoms with E-state index >= 15 is 0 Å². The fraction of sp³-hybridized carbons (Fsp3) is 0.348. The maximum atomic E-state index is 12.9. The van der Waals surface area contributed by atoms with Gasteiger partial charge in [-0.3, -0.25) is 9.36 Å². The Morgan fingerprint density at radius 1 is 1.06 bits per heavy atom. The average molecular weight is 501 g/mol. The van der Waals surface area contributed by atoms with Gasteiger partial charge in [-0.25, -0.2) is 8.42 Å². The number of nitrogens with zero attached hydrogens (tertiary/aromatic N) is 4. The summed E-state index contributed by atoms with van der Waals surface area (Å²) in [4.78, 5) is 13.2. The van der Waals surface area contributed by atoms with Crippen LogP contribution < -0.4 is 11.1 Å². The van der Waals surface area contributed by atoms with Gasteiger partial charge >= 0.3 is 0 Å². The number of aromatic nitrogens is 3. The molecule has 0 spiro atoms. The summed E-state index contributed by atoms with van der Waals surface area (Å²) in [7, 11) is -3.52. The summed E-state index contributed by atoms with van der Waals surface area (Å²) in [5.74, 6) is 0.515. The van der Waals surface area contributed by atoms with E-state index < -0.39 is 16.1 Å². The molecule has 2 heterocycles. The average Bonchev–Trinajstić information content (AvgIpc) is 3.23. The fourth-order valence-corrected chi connectivity index (χ4v) is 6.30. The number of carbonyl (C=O) groups excluding carboxylic acids is 1. The highest BCUT2D eigenvalue weighted by Gasteiger charge is 2.26. The van der Waals surface area contributed by atoms with Crippen LogP contribution in [0.15, 0.2) is 64.6 Å². The summed E-state index contributed by atoms with van der Waals surface area (Å²) >= 11 is 1.45. The van der Waals surface area contributed by atoms with Crippen molar-refractivity contribution in [2.75, 3.05) is 24.1 Å². The number of hydrogen-bond acceptors (Lipinski definition) is 7. The largest absolute Gasteiger partial charge is 0.368 e. The molecule has 2 aromatic carbocycles. The number of nitrogen functional groups attached to an aromatic ring is 1. The Balaban J connectivity index is 1.42. The number of thioether (sulfide) groups is 1. The fourth-order valence-electron chi connectivity index (χ4n) is 3.80. The van der Waals surface area contributed by atoms with Crippen molar-refractivity contribution in [2.24, 2.45) is 0 Å². The van der Waals surface area contributed by atoms with Crippen molar-refractivity contribution in [1.29, 1.82) is 0 Å². The zero-order chi connectivity index (χ0) is 24.1. The van der Waals surface area contributed by atoms with Gasteiger partial charge in [-0.1, -0.05) is 48.5 Å². The van der Waals surface area contributed by atoms with E-state index in [1.165, 1.54) is 28.2 Å². The van der Waals surface area contributed by atoms with Crippen molar-refractivity contribution in [3.05, 3.63) is 60.2 Å². The lowest BCUT2D eigenvalue weighted by Gasteiger charge is -2.25. The third-order valence-corrected chi connectivity index (χ3v) is 8.67. The first-order chi connectivity index (χ1) is 16.4. The van der Waals surface area contributed by atoms with Crippen LogP contribution in [0.5, 0.6) is 0 Å². The topological polar surface area (TPSA) is 123 Å². The molecule has 1 aromatic heterocycles. The molecule has 9 nitrogen and oxygen atoms in total. The lowest BCUT2D eigenvalue weighted by molar-refractivity contribution is -0.118. The van der Waals surface area contributed by atoms with E-state index in [1.807, 2.05) is 30.3 Å². The number of carbonyl (C=O) groups is 1. The molecular weight excluding hydrogens is 472 g/mol. The minimum absolute atomic E-state index is 0.154. The summed E-state index contributed by atoms with van der Waals surface area (Å²) in [5.41, 5.74) is 7.63. The van der Waals surface area contributed by atoms with Crippen molar-refractivity contribution in [1.82, 2.24) is 19.1 Å². The van der Waals surface area contributed by atoms with Gasteiger partial charge in [0, 0.05) is 24.5 Å². The Morgan fingerprint density at radius 3 is 2.41 bits per heavy atom. The van der Waals surface area contributed by atoms with Gasteiger partial charge in [0.15, 0.2) is 5.16 Å². The Hall–Kier alpha value is -2.89. The third kappa shape index (κ3) is 5.43. The third-order valence-electron chi connectivity index (χ3n) is 5.74. The highest BCUT2D eigenvalue weighted by atomic mass is 32.2. The standard InChI is InChI=1S/C23H28N6O3S2/c1-17(29-22(24)26-27-23(29)33-16-18-8-4-2-5-9-18)21(30)25-19-10-12-20(13-11-19)34(31,32)28-14-6-3-7-15-28/h2,4-5,8-13,17H,3,6-7,14-16H2,1H3,(H2,24,26)(H,25,30). The van der Waals surface area contributed by atoms with Gasteiger partial charge in [0.2, 0.25) is 21.9 Å². The molecule has 0 aliphatic carbocycles. The molecule has 34 heavy (non-hydrogen) atoms. The maximum absolute atomic E-state index is 12.9. The second-order valence-corrected chi connectivity index (χ2v) is 11.0. The van der Waals surface area contributed by atoms with E-state index in [2.05, 4.69) is 15.5 Å². The molecule has 11 heteroatoms. The molecule has 1 aliphatic heterocycles. The summed E-state index contributed by atoms with van der Waals surface area (Å²) in [6.07, 6.45) is 2.81. The van der Waals surface area contributed by atoms with Crippen LogP contribution in [-0.4, -0.2) is 46.5 Å². The lowest BCUT2D eigenvalue weighted by atomic mass is 10.2. The molecule has 1 fully saturated rings. The lowest BCUT2D eigenvalue weighted by Crippen LogP contribution is -2.35. The number of nitrogens with two attached hydrogens (primary N) is 1. The number of rotatable bonds is 8. The first-order valence-corrected chi connectivity index (χ1v) is 13.6. The number of sulfonamides is 1. The molecule has 4 rings (SSSR count). The monoisotopic (exact) mass is 500 g/mol. The summed E-state index contributed by atoms with van der Waals surface area (Å²) in [5, 5.41) is 11.4. The zero-order valence-corrected chi connectivity index (χ0v) is 20.6. The molecule has 180 valence electrons. The first-order valence-electron chi connectivity index (χ1n) is 11.1. The molecule has 1 saturated heterocycles. The molecule has 1 aliphatic rings. The Labute approximate surface area is 203 Å². The molecule has 1 amide bonds. The summed E-state index contributed by atoms with van der Waals surface area (Å²) in [6, 6.07) is 15.5. The van der Waals surface area contributed by atoms with E-state index in [1.54, 1.807) is 23.6 Å². The SMILES string of the molecule is CC(C(=O)Nc1ccc(S(=O)(=O)N2CCCCC2)cc1)n1c(N)nnc1SCc1ccccc1. The summed E-state index contributed by atoms with van der Waals surface area (Å²) < 4.78 is 28.8. The van der Waals surface area contributed by atoms with E-state index in [0.29, 0.717) is 29.7 Å². The van der Waals surface area contributed by atoms with Crippen molar-refractivity contribution in [2.45, 2.75) is 48.0 Å². The molecule has 1 unspecified atom stereocenters. The van der Waals surface area contributed by atoms with E-state index in [4.69, 9.17) is 5.73 Å². The van der Waals surface area contributed by atoms with Gasteiger partial charge < -0.3 is 11.1 Å². The number of amides is 1. The Bertz CT molecular complexity index is 1220. The van der Waals surface area contributed by atoms with Crippen LogP contribution in [0.1, 0.15) is 37.8 Å². The number of hydrogen-bond donors (Lipinski definition) is 2. The smallest absolute Gasteiger partial charge is 0.247 e. The highest BCUT2D eigenvalue weighted by molar-refractivity contribution is 7.98. The van der Waals surface area contributed by atoms with E-state index in [-0.39, 0.29) is 16.8 Å². The molecule has 3 aromatic rings. The van der Waals surface area contributed by atoms with Crippen LogP contribution >= 0.6 is 11.8 Å². The van der Waals surface area contributed by atoms with Crippen LogP contribution in [-0.2, 0) is 20.6 Å².